The smallest absolute Gasteiger partial charge is 0.123 e. The van der Waals surface area contributed by atoms with E-state index in [1.165, 1.54) is 23.3 Å². The third kappa shape index (κ3) is 3.65. The van der Waals surface area contributed by atoms with E-state index in [0.29, 0.717) is 0 Å². The van der Waals surface area contributed by atoms with Gasteiger partial charge < -0.3 is 5.32 Å². The molecule has 2 heteroatoms. The lowest BCUT2D eigenvalue weighted by atomic mass is 9.96. The molecule has 0 aliphatic heterocycles. The van der Waals surface area contributed by atoms with Gasteiger partial charge in [0.1, 0.15) is 5.82 Å². The molecule has 0 aliphatic rings. The van der Waals surface area contributed by atoms with Crippen molar-refractivity contribution in [2.75, 3.05) is 6.54 Å². The molecule has 0 bridgehead atoms. The van der Waals surface area contributed by atoms with Crippen molar-refractivity contribution in [3.05, 3.63) is 71.0 Å². The Hall–Kier alpha value is -1.67. The van der Waals surface area contributed by atoms with E-state index in [4.69, 9.17) is 0 Å². The van der Waals surface area contributed by atoms with Crippen LogP contribution in [0.5, 0.6) is 0 Å². The maximum Gasteiger partial charge on any atom is 0.123 e. The van der Waals surface area contributed by atoms with E-state index in [0.717, 1.165) is 18.5 Å². The monoisotopic (exact) mass is 257 g/mol. The van der Waals surface area contributed by atoms with Crippen molar-refractivity contribution < 1.29 is 4.39 Å². The predicted molar refractivity (Wildman–Crippen MR) is 77.7 cm³/mol. The number of likely N-dealkylation sites (N-methyl/N-ethyl adjacent to an activating group) is 1. The van der Waals surface area contributed by atoms with E-state index in [1.54, 1.807) is 0 Å². The minimum Gasteiger partial charge on any atom is -0.310 e. The second kappa shape index (κ2) is 6.48. The van der Waals surface area contributed by atoms with Gasteiger partial charge in [0.15, 0.2) is 0 Å². The summed E-state index contributed by atoms with van der Waals surface area (Å²) in [6.07, 6.45) is 0.923. The first kappa shape index (κ1) is 13.8. The zero-order valence-corrected chi connectivity index (χ0v) is 11.5. The molecule has 0 amide bonds. The van der Waals surface area contributed by atoms with Crippen LogP contribution >= 0.6 is 0 Å². The summed E-state index contributed by atoms with van der Waals surface area (Å²) >= 11 is 0. The Bertz CT molecular complexity index is 519. The Balaban J connectivity index is 2.21. The molecule has 1 nitrogen and oxygen atoms in total. The highest BCUT2D eigenvalue weighted by atomic mass is 19.1. The van der Waals surface area contributed by atoms with Gasteiger partial charge in [-0.25, -0.2) is 4.39 Å². The van der Waals surface area contributed by atoms with Crippen LogP contribution < -0.4 is 5.32 Å². The average molecular weight is 257 g/mol. The topological polar surface area (TPSA) is 12.0 Å². The van der Waals surface area contributed by atoms with Crippen molar-refractivity contribution in [3.63, 3.8) is 0 Å². The lowest BCUT2D eigenvalue weighted by Crippen LogP contribution is -2.23. The highest BCUT2D eigenvalue weighted by Gasteiger charge is 2.12. The van der Waals surface area contributed by atoms with Crippen LogP contribution in [0.4, 0.5) is 4.39 Å². The Morgan fingerprint density at radius 3 is 2.37 bits per heavy atom. The van der Waals surface area contributed by atoms with Crippen LogP contribution in [0.15, 0.2) is 48.5 Å². The SMILES string of the molecule is CCNC(Cc1ccccc1C)c1ccc(F)cc1. The van der Waals surface area contributed by atoms with Gasteiger partial charge in [-0.05, 0) is 48.7 Å². The summed E-state index contributed by atoms with van der Waals surface area (Å²) < 4.78 is 13.0. The standard InChI is InChI=1S/C17H20FN/c1-3-19-17(14-8-10-16(18)11-9-14)12-15-7-5-4-6-13(15)2/h4-11,17,19H,3,12H2,1-2H3. The molecule has 19 heavy (non-hydrogen) atoms. The Kier molecular flexibility index (Phi) is 4.69. The molecule has 1 unspecified atom stereocenters. The molecule has 2 rings (SSSR count). The number of rotatable bonds is 5. The van der Waals surface area contributed by atoms with Gasteiger partial charge in [0, 0.05) is 6.04 Å². The first-order valence-electron chi connectivity index (χ1n) is 6.74. The van der Waals surface area contributed by atoms with E-state index in [1.807, 2.05) is 12.1 Å². The number of benzene rings is 2. The highest BCUT2D eigenvalue weighted by molar-refractivity contribution is 5.29. The molecule has 0 fully saturated rings. The van der Waals surface area contributed by atoms with Gasteiger partial charge >= 0.3 is 0 Å². The van der Waals surface area contributed by atoms with Gasteiger partial charge in [0.2, 0.25) is 0 Å². The molecule has 0 radical (unpaired) electrons. The van der Waals surface area contributed by atoms with E-state index in [-0.39, 0.29) is 11.9 Å². The molecule has 2 aromatic carbocycles. The van der Waals surface area contributed by atoms with Crippen LogP contribution in [-0.2, 0) is 6.42 Å². The van der Waals surface area contributed by atoms with Crippen molar-refractivity contribution in [1.29, 1.82) is 0 Å². The van der Waals surface area contributed by atoms with E-state index in [9.17, 15) is 4.39 Å². The van der Waals surface area contributed by atoms with Crippen molar-refractivity contribution in [3.8, 4) is 0 Å². The summed E-state index contributed by atoms with van der Waals surface area (Å²) in [5, 5.41) is 3.47. The number of nitrogens with one attached hydrogen (secondary N) is 1. The molecule has 0 aromatic heterocycles. The van der Waals surface area contributed by atoms with E-state index < -0.39 is 0 Å². The highest BCUT2D eigenvalue weighted by Crippen LogP contribution is 2.20. The zero-order valence-electron chi connectivity index (χ0n) is 11.5. The van der Waals surface area contributed by atoms with Crippen molar-refractivity contribution in [2.24, 2.45) is 0 Å². The Morgan fingerprint density at radius 1 is 1.05 bits per heavy atom. The number of hydrogen-bond acceptors (Lipinski definition) is 1. The van der Waals surface area contributed by atoms with Crippen molar-refractivity contribution >= 4 is 0 Å². The third-order valence-corrected chi connectivity index (χ3v) is 3.41. The summed E-state index contributed by atoms with van der Waals surface area (Å²) in [5.74, 6) is -0.185. The minimum absolute atomic E-state index is 0.185. The van der Waals surface area contributed by atoms with Crippen LogP contribution in [0, 0.1) is 12.7 Å². The van der Waals surface area contributed by atoms with Crippen molar-refractivity contribution in [2.45, 2.75) is 26.3 Å². The van der Waals surface area contributed by atoms with Crippen LogP contribution in [0.3, 0.4) is 0 Å². The minimum atomic E-state index is -0.185. The lowest BCUT2D eigenvalue weighted by molar-refractivity contribution is 0.546. The van der Waals surface area contributed by atoms with Crippen LogP contribution in [0.1, 0.15) is 29.7 Å². The number of hydrogen-bond donors (Lipinski definition) is 1. The van der Waals surface area contributed by atoms with Gasteiger partial charge in [0.25, 0.3) is 0 Å². The molecule has 0 saturated heterocycles. The summed E-state index contributed by atoms with van der Waals surface area (Å²) in [5.41, 5.74) is 3.76. The molecular formula is C17H20FN. The zero-order chi connectivity index (χ0) is 13.7. The normalized spacial score (nSPS) is 12.4. The molecule has 100 valence electrons. The summed E-state index contributed by atoms with van der Waals surface area (Å²) in [6.45, 7) is 5.12. The van der Waals surface area contributed by atoms with E-state index >= 15 is 0 Å². The fourth-order valence-corrected chi connectivity index (χ4v) is 2.31. The number of aryl methyl sites for hydroxylation is 1. The second-order valence-electron chi connectivity index (χ2n) is 4.79. The molecule has 0 aliphatic carbocycles. The van der Waals surface area contributed by atoms with Crippen LogP contribution in [0.25, 0.3) is 0 Å². The van der Waals surface area contributed by atoms with E-state index in [2.05, 4.69) is 43.4 Å². The molecule has 0 spiro atoms. The fraction of sp³-hybridized carbons (Fsp3) is 0.294. The molecule has 0 saturated carbocycles. The first-order chi connectivity index (χ1) is 9.20. The Labute approximate surface area is 114 Å². The molecule has 1 atom stereocenters. The quantitative estimate of drug-likeness (QED) is 0.852. The first-order valence-corrected chi connectivity index (χ1v) is 6.74. The molecule has 2 aromatic rings. The molecule has 1 N–H and O–H groups in total. The van der Waals surface area contributed by atoms with Crippen LogP contribution in [-0.4, -0.2) is 6.54 Å². The van der Waals surface area contributed by atoms with Gasteiger partial charge in [-0.3, -0.25) is 0 Å². The van der Waals surface area contributed by atoms with Gasteiger partial charge in [-0.2, -0.15) is 0 Å². The van der Waals surface area contributed by atoms with Gasteiger partial charge in [0.05, 0.1) is 0 Å². The largest absolute Gasteiger partial charge is 0.310 e. The van der Waals surface area contributed by atoms with Crippen LogP contribution in [0.2, 0.25) is 0 Å². The summed E-state index contributed by atoms with van der Waals surface area (Å²) in [4.78, 5) is 0. The fourth-order valence-electron chi connectivity index (χ4n) is 2.31. The maximum atomic E-state index is 13.0. The second-order valence-corrected chi connectivity index (χ2v) is 4.79. The molecule has 0 heterocycles. The number of halogens is 1. The van der Waals surface area contributed by atoms with Gasteiger partial charge in [-0.15, -0.1) is 0 Å². The van der Waals surface area contributed by atoms with Gasteiger partial charge in [-0.1, -0.05) is 43.3 Å². The predicted octanol–water partition coefficient (Wildman–Crippen LogP) is 4.03. The molecular weight excluding hydrogens is 237 g/mol. The third-order valence-electron chi connectivity index (χ3n) is 3.41. The summed E-state index contributed by atoms with van der Waals surface area (Å²) in [6, 6.07) is 15.4. The lowest BCUT2D eigenvalue weighted by Gasteiger charge is -2.19. The summed E-state index contributed by atoms with van der Waals surface area (Å²) in [7, 11) is 0. The van der Waals surface area contributed by atoms with Crippen molar-refractivity contribution in [1.82, 2.24) is 5.32 Å². The Morgan fingerprint density at radius 2 is 1.74 bits per heavy atom. The maximum absolute atomic E-state index is 13.0. The average Bonchev–Trinajstić information content (AvgIpc) is 2.42.